The van der Waals surface area contributed by atoms with Gasteiger partial charge in [-0.2, -0.15) is 5.10 Å². The molecule has 1 aromatic heterocycles. The highest BCUT2D eigenvalue weighted by atomic mass is 16.2. The number of carbonyl (C=O) groups excluding carboxylic acids is 2. The number of likely N-dealkylation sites (tertiary alicyclic amines) is 1. The van der Waals surface area contributed by atoms with E-state index in [1.54, 1.807) is 15.8 Å². The number of hydrogen-bond acceptors (Lipinski definition) is 3. The van der Waals surface area contributed by atoms with Crippen molar-refractivity contribution < 1.29 is 9.59 Å². The first-order chi connectivity index (χ1) is 14.2. The molecule has 6 nitrogen and oxygen atoms in total. The second-order valence-corrected chi connectivity index (χ2v) is 7.27. The van der Waals surface area contributed by atoms with Gasteiger partial charge in [-0.05, 0) is 29.7 Å². The summed E-state index contributed by atoms with van der Waals surface area (Å²) < 4.78 is 1.78. The largest absolute Gasteiger partial charge is 0.352 e. The molecule has 0 saturated carbocycles. The first-order valence-corrected chi connectivity index (χ1v) is 9.88. The average molecular weight is 388 g/mol. The van der Waals surface area contributed by atoms with E-state index >= 15 is 0 Å². The van der Waals surface area contributed by atoms with E-state index in [0.717, 1.165) is 17.7 Å². The maximum Gasteiger partial charge on any atom is 0.225 e. The van der Waals surface area contributed by atoms with Crippen molar-refractivity contribution in [2.24, 2.45) is 5.92 Å². The summed E-state index contributed by atoms with van der Waals surface area (Å²) in [6.07, 6.45) is 4.68. The van der Waals surface area contributed by atoms with E-state index in [2.05, 4.69) is 22.5 Å². The third-order valence-corrected chi connectivity index (χ3v) is 5.29. The fourth-order valence-corrected chi connectivity index (χ4v) is 3.69. The Labute approximate surface area is 170 Å². The van der Waals surface area contributed by atoms with Crippen LogP contribution in [0.3, 0.4) is 0 Å². The zero-order chi connectivity index (χ0) is 20.1. The predicted molar refractivity (Wildman–Crippen MR) is 110 cm³/mol. The van der Waals surface area contributed by atoms with Crippen LogP contribution in [0.1, 0.15) is 17.5 Å². The highest BCUT2D eigenvalue weighted by Gasteiger charge is 2.33. The predicted octanol–water partition coefficient (Wildman–Crippen LogP) is 2.58. The lowest BCUT2D eigenvalue weighted by atomic mass is 10.1. The van der Waals surface area contributed by atoms with Gasteiger partial charge in [0.2, 0.25) is 11.8 Å². The second-order valence-electron chi connectivity index (χ2n) is 7.27. The van der Waals surface area contributed by atoms with Crippen LogP contribution in [0.2, 0.25) is 0 Å². The van der Waals surface area contributed by atoms with Crippen molar-refractivity contribution in [1.29, 1.82) is 0 Å². The molecule has 6 heteroatoms. The topological polar surface area (TPSA) is 67.2 Å². The van der Waals surface area contributed by atoms with Gasteiger partial charge in [-0.3, -0.25) is 9.59 Å². The summed E-state index contributed by atoms with van der Waals surface area (Å²) in [5, 5.41) is 7.27. The van der Waals surface area contributed by atoms with Crippen LogP contribution in [0.4, 0.5) is 0 Å². The molecule has 2 aromatic carbocycles. The molecule has 148 valence electrons. The van der Waals surface area contributed by atoms with E-state index in [1.807, 2.05) is 54.7 Å². The first-order valence-electron chi connectivity index (χ1n) is 9.88. The molecule has 29 heavy (non-hydrogen) atoms. The van der Waals surface area contributed by atoms with Gasteiger partial charge < -0.3 is 10.2 Å². The molecular weight excluding hydrogens is 364 g/mol. The Kier molecular flexibility index (Phi) is 5.70. The van der Waals surface area contributed by atoms with E-state index in [4.69, 9.17) is 0 Å². The number of para-hydroxylation sites is 1. The van der Waals surface area contributed by atoms with Gasteiger partial charge in [-0.1, -0.05) is 48.5 Å². The summed E-state index contributed by atoms with van der Waals surface area (Å²) >= 11 is 0. The zero-order valence-electron chi connectivity index (χ0n) is 16.2. The average Bonchev–Trinajstić information content (AvgIpc) is 3.41. The third-order valence-electron chi connectivity index (χ3n) is 5.29. The van der Waals surface area contributed by atoms with Crippen LogP contribution >= 0.6 is 0 Å². The van der Waals surface area contributed by atoms with Gasteiger partial charge in [0.25, 0.3) is 0 Å². The molecule has 1 aliphatic heterocycles. The number of rotatable bonds is 7. The Morgan fingerprint density at radius 2 is 1.86 bits per heavy atom. The van der Waals surface area contributed by atoms with Gasteiger partial charge in [0.1, 0.15) is 0 Å². The van der Waals surface area contributed by atoms with Crippen LogP contribution in [0.25, 0.3) is 5.69 Å². The molecule has 0 bridgehead atoms. The van der Waals surface area contributed by atoms with Crippen LogP contribution in [0, 0.1) is 5.92 Å². The van der Waals surface area contributed by atoms with E-state index in [9.17, 15) is 9.59 Å². The van der Waals surface area contributed by atoms with Gasteiger partial charge in [-0.25, -0.2) is 4.68 Å². The molecule has 2 heterocycles. The van der Waals surface area contributed by atoms with Crippen molar-refractivity contribution in [2.75, 3.05) is 13.1 Å². The maximum absolute atomic E-state index is 12.7. The number of carbonyl (C=O) groups is 2. The molecule has 1 saturated heterocycles. The Bertz CT molecular complexity index is 970. The van der Waals surface area contributed by atoms with Gasteiger partial charge in [0.05, 0.1) is 11.6 Å². The van der Waals surface area contributed by atoms with E-state index in [1.165, 1.54) is 5.56 Å². The van der Waals surface area contributed by atoms with Gasteiger partial charge in [0, 0.05) is 38.4 Å². The third kappa shape index (κ3) is 4.54. The van der Waals surface area contributed by atoms with Crippen LogP contribution in [-0.2, 0) is 22.6 Å². The molecule has 1 fully saturated rings. The molecule has 1 N–H and O–H groups in total. The summed E-state index contributed by atoms with van der Waals surface area (Å²) in [4.78, 5) is 26.8. The number of aromatic nitrogens is 2. The summed E-state index contributed by atoms with van der Waals surface area (Å²) in [7, 11) is 0. The summed E-state index contributed by atoms with van der Waals surface area (Å²) in [6.45, 7) is 1.54. The van der Waals surface area contributed by atoms with E-state index in [0.29, 0.717) is 19.6 Å². The van der Waals surface area contributed by atoms with Gasteiger partial charge >= 0.3 is 0 Å². The fraction of sp³-hybridized carbons (Fsp3) is 0.261. The molecule has 1 aliphatic rings. The second kappa shape index (κ2) is 8.73. The van der Waals surface area contributed by atoms with Crippen molar-refractivity contribution in [3.8, 4) is 5.69 Å². The van der Waals surface area contributed by atoms with Crippen LogP contribution in [0.15, 0.2) is 73.1 Å². The molecule has 2 amide bonds. The van der Waals surface area contributed by atoms with Crippen LogP contribution in [0.5, 0.6) is 0 Å². The van der Waals surface area contributed by atoms with Crippen molar-refractivity contribution >= 4 is 11.8 Å². The number of benzene rings is 2. The van der Waals surface area contributed by atoms with E-state index < -0.39 is 0 Å². The highest BCUT2D eigenvalue weighted by Crippen LogP contribution is 2.19. The molecule has 0 radical (unpaired) electrons. The van der Waals surface area contributed by atoms with Crippen LogP contribution in [-0.4, -0.2) is 39.6 Å². The Balaban J connectivity index is 1.32. The first kappa shape index (κ1) is 18.9. The zero-order valence-corrected chi connectivity index (χ0v) is 16.2. The lowest BCUT2D eigenvalue weighted by Gasteiger charge is -2.17. The van der Waals surface area contributed by atoms with Crippen molar-refractivity contribution in [2.45, 2.75) is 19.4 Å². The monoisotopic (exact) mass is 388 g/mol. The Morgan fingerprint density at radius 3 is 2.66 bits per heavy atom. The van der Waals surface area contributed by atoms with Gasteiger partial charge in [-0.15, -0.1) is 0 Å². The summed E-state index contributed by atoms with van der Waals surface area (Å²) in [5.74, 6) is -0.316. The molecule has 4 rings (SSSR count). The minimum absolute atomic E-state index is 0.0537. The Morgan fingerprint density at radius 1 is 1.07 bits per heavy atom. The quantitative estimate of drug-likeness (QED) is 0.677. The smallest absolute Gasteiger partial charge is 0.225 e. The summed E-state index contributed by atoms with van der Waals surface area (Å²) in [6, 6.07) is 19.8. The minimum atomic E-state index is -0.296. The highest BCUT2D eigenvalue weighted by molar-refractivity contribution is 5.89. The van der Waals surface area contributed by atoms with Crippen molar-refractivity contribution in [1.82, 2.24) is 20.0 Å². The number of nitrogens with one attached hydrogen (secondary N) is 1. The van der Waals surface area contributed by atoms with Crippen molar-refractivity contribution in [3.63, 3.8) is 0 Å². The van der Waals surface area contributed by atoms with Crippen molar-refractivity contribution in [3.05, 3.63) is 84.2 Å². The maximum atomic E-state index is 12.7. The van der Waals surface area contributed by atoms with Gasteiger partial charge in [0.15, 0.2) is 0 Å². The summed E-state index contributed by atoms with van der Waals surface area (Å²) in [5.41, 5.74) is 3.11. The molecule has 0 unspecified atom stereocenters. The van der Waals surface area contributed by atoms with Crippen LogP contribution < -0.4 is 5.32 Å². The molecule has 1 atom stereocenters. The standard InChI is InChI=1S/C23H24N4O2/c28-22-15-20(17-26(22)14-11-18-7-2-1-3-8-18)23(29)24-16-19-9-4-5-10-21(19)27-13-6-12-25-27/h1-10,12-13,20H,11,14-17H2,(H,24,29)/t20-/m0/s1. The molecule has 0 aliphatic carbocycles. The van der Waals surface area contributed by atoms with E-state index in [-0.39, 0.29) is 24.2 Å². The lowest BCUT2D eigenvalue weighted by Crippen LogP contribution is -2.33. The number of hydrogen-bond donors (Lipinski definition) is 1. The minimum Gasteiger partial charge on any atom is -0.352 e. The fourth-order valence-electron chi connectivity index (χ4n) is 3.69. The number of nitrogens with zero attached hydrogens (tertiary/aromatic N) is 3. The Hall–Kier alpha value is -3.41. The number of amides is 2. The SMILES string of the molecule is O=C(NCc1ccccc1-n1cccn1)[C@H]1CC(=O)N(CCc2ccccc2)C1. The molecule has 0 spiro atoms. The normalized spacial score (nSPS) is 16.2. The molecular formula is C23H24N4O2. The molecule has 3 aromatic rings. The lowest BCUT2D eigenvalue weighted by molar-refractivity contribution is -0.129.